The van der Waals surface area contributed by atoms with Gasteiger partial charge in [-0.25, -0.2) is 0 Å². The van der Waals surface area contributed by atoms with Crippen LogP contribution in [0, 0.1) is 0 Å². The second-order valence-corrected chi connectivity index (χ2v) is 9.89. The number of tetrazole rings is 1. The predicted octanol–water partition coefficient (Wildman–Crippen LogP) is 6.23. The fourth-order valence-electron chi connectivity index (χ4n) is 4.04. The maximum absolute atomic E-state index is 4.54. The van der Waals surface area contributed by atoms with Crippen LogP contribution in [0.5, 0.6) is 0 Å². The highest BCUT2D eigenvalue weighted by Crippen LogP contribution is 2.34. The molecule has 0 spiro atoms. The Kier molecular flexibility index (Phi) is 6.57. The molecule has 6 aromatic rings. The third kappa shape index (κ3) is 4.81. The Morgan fingerprint density at radius 1 is 0.757 bits per heavy atom. The van der Waals surface area contributed by atoms with Crippen LogP contribution >= 0.6 is 27.7 Å². The molecule has 0 radical (unpaired) electrons. The van der Waals surface area contributed by atoms with Crippen LogP contribution in [0.2, 0.25) is 0 Å². The Hall–Kier alpha value is -4.15. The molecule has 0 aliphatic carbocycles. The number of benzene rings is 3. The summed E-state index contributed by atoms with van der Waals surface area (Å²) in [5.74, 6) is 2.09. The van der Waals surface area contributed by atoms with E-state index >= 15 is 0 Å². The normalized spacial score (nSPS) is 11.1. The van der Waals surface area contributed by atoms with Gasteiger partial charge in [0, 0.05) is 33.7 Å². The standard InChI is InChI=1S/C27H19BrN8S/c28-23-7-3-4-8-24(23)36-26(20-13-15-29-16-14-20)32-33-27(36)37-17-18-9-11-19(12-10-18)21-5-1-2-6-22(21)25-30-34-35-31-25/h1-16H,17H2,(H,30,31,34,35). The fourth-order valence-corrected chi connectivity index (χ4v) is 5.40. The van der Waals surface area contributed by atoms with E-state index in [0.717, 1.165) is 49.1 Å². The fraction of sp³-hybridized carbons (Fsp3) is 0.0370. The minimum Gasteiger partial charge on any atom is -0.269 e. The highest BCUT2D eigenvalue weighted by molar-refractivity contribution is 9.10. The lowest BCUT2D eigenvalue weighted by Crippen LogP contribution is -2.01. The lowest BCUT2D eigenvalue weighted by Gasteiger charge is -2.12. The number of thioether (sulfide) groups is 1. The summed E-state index contributed by atoms with van der Waals surface area (Å²) in [6.45, 7) is 0. The van der Waals surface area contributed by atoms with Crippen LogP contribution in [0.25, 0.3) is 39.6 Å². The maximum Gasteiger partial charge on any atom is 0.205 e. The van der Waals surface area contributed by atoms with Crippen LogP contribution in [-0.4, -0.2) is 40.4 Å². The summed E-state index contributed by atoms with van der Waals surface area (Å²) in [4.78, 5) is 4.14. The van der Waals surface area contributed by atoms with E-state index in [9.17, 15) is 0 Å². The Labute approximate surface area is 225 Å². The molecule has 10 heteroatoms. The van der Waals surface area contributed by atoms with Crippen molar-refractivity contribution >= 4 is 27.7 Å². The zero-order valence-corrected chi connectivity index (χ0v) is 21.8. The van der Waals surface area contributed by atoms with E-state index in [-0.39, 0.29) is 0 Å². The van der Waals surface area contributed by atoms with Crippen molar-refractivity contribution in [1.29, 1.82) is 0 Å². The molecule has 0 unspecified atom stereocenters. The van der Waals surface area contributed by atoms with Gasteiger partial charge in [-0.15, -0.1) is 20.4 Å². The molecule has 8 nitrogen and oxygen atoms in total. The van der Waals surface area contributed by atoms with Gasteiger partial charge in [-0.2, -0.15) is 5.21 Å². The number of para-hydroxylation sites is 1. The van der Waals surface area contributed by atoms with Crippen molar-refractivity contribution in [2.75, 3.05) is 0 Å². The predicted molar refractivity (Wildman–Crippen MR) is 147 cm³/mol. The number of aromatic nitrogens is 8. The summed E-state index contributed by atoms with van der Waals surface area (Å²) in [6.07, 6.45) is 3.53. The van der Waals surface area contributed by atoms with E-state index in [0.29, 0.717) is 5.82 Å². The van der Waals surface area contributed by atoms with Crippen LogP contribution in [0.3, 0.4) is 0 Å². The van der Waals surface area contributed by atoms with E-state index in [2.05, 4.69) is 92.7 Å². The molecule has 0 atom stereocenters. The molecule has 0 aliphatic heterocycles. The third-order valence-corrected chi connectivity index (χ3v) is 7.48. The molecule has 37 heavy (non-hydrogen) atoms. The minimum absolute atomic E-state index is 0.576. The smallest absolute Gasteiger partial charge is 0.205 e. The third-order valence-electron chi connectivity index (χ3n) is 5.81. The second kappa shape index (κ2) is 10.5. The van der Waals surface area contributed by atoms with Crippen molar-refractivity contribution in [2.45, 2.75) is 10.9 Å². The van der Waals surface area contributed by atoms with Crippen molar-refractivity contribution < 1.29 is 0 Å². The average Bonchev–Trinajstić information content (AvgIpc) is 3.64. The van der Waals surface area contributed by atoms with E-state index in [1.165, 1.54) is 5.56 Å². The number of H-pyrrole nitrogens is 1. The summed E-state index contributed by atoms with van der Waals surface area (Å²) in [7, 11) is 0. The van der Waals surface area contributed by atoms with Gasteiger partial charge in [0.25, 0.3) is 0 Å². The lowest BCUT2D eigenvalue weighted by molar-refractivity contribution is 0.881. The molecule has 0 amide bonds. The molecule has 3 aromatic carbocycles. The first-order chi connectivity index (χ1) is 18.3. The Morgan fingerprint density at radius 3 is 2.27 bits per heavy atom. The van der Waals surface area contributed by atoms with Gasteiger partial charge in [0.1, 0.15) is 0 Å². The van der Waals surface area contributed by atoms with Crippen LogP contribution in [0.15, 0.2) is 107 Å². The van der Waals surface area contributed by atoms with Crippen LogP contribution in [0.1, 0.15) is 5.56 Å². The number of hydrogen-bond acceptors (Lipinski definition) is 7. The Morgan fingerprint density at radius 2 is 1.51 bits per heavy atom. The maximum atomic E-state index is 4.54. The van der Waals surface area contributed by atoms with E-state index in [1.807, 2.05) is 48.5 Å². The summed E-state index contributed by atoms with van der Waals surface area (Å²) in [6, 6.07) is 28.5. The highest BCUT2D eigenvalue weighted by atomic mass is 79.9. The molecule has 3 heterocycles. The molecule has 3 aromatic heterocycles. The monoisotopic (exact) mass is 566 g/mol. The van der Waals surface area contributed by atoms with Gasteiger partial charge < -0.3 is 0 Å². The van der Waals surface area contributed by atoms with Crippen molar-refractivity contribution in [1.82, 2.24) is 40.4 Å². The van der Waals surface area contributed by atoms with Gasteiger partial charge in [-0.3, -0.25) is 9.55 Å². The minimum atomic E-state index is 0.576. The molecule has 6 rings (SSSR count). The van der Waals surface area contributed by atoms with Crippen molar-refractivity contribution in [2.24, 2.45) is 0 Å². The zero-order valence-electron chi connectivity index (χ0n) is 19.4. The Balaban J connectivity index is 1.28. The highest BCUT2D eigenvalue weighted by Gasteiger charge is 2.18. The van der Waals surface area contributed by atoms with Gasteiger partial charge in [0.15, 0.2) is 11.0 Å². The van der Waals surface area contributed by atoms with Crippen molar-refractivity contribution in [3.8, 4) is 39.6 Å². The SMILES string of the molecule is Brc1ccccc1-n1c(SCc2ccc(-c3ccccc3-c3nn[nH]n3)cc2)nnc1-c1ccncc1. The average molecular weight is 567 g/mol. The molecule has 0 aliphatic rings. The number of nitrogens with zero attached hydrogens (tertiary/aromatic N) is 7. The zero-order chi connectivity index (χ0) is 25.0. The van der Waals surface area contributed by atoms with E-state index in [1.54, 1.807) is 24.2 Å². The van der Waals surface area contributed by atoms with Crippen LogP contribution < -0.4 is 0 Å². The molecule has 0 fully saturated rings. The number of aromatic amines is 1. The molecular weight excluding hydrogens is 548 g/mol. The number of pyridine rings is 1. The molecule has 0 saturated carbocycles. The first kappa shape index (κ1) is 23.3. The molecular formula is C27H19BrN8S. The van der Waals surface area contributed by atoms with E-state index < -0.39 is 0 Å². The van der Waals surface area contributed by atoms with Gasteiger partial charge in [-0.1, -0.05) is 72.4 Å². The largest absolute Gasteiger partial charge is 0.269 e. The number of hydrogen-bond donors (Lipinski definition) is 1. The van der Waals surface area contributed by atoms with Gasteiger partial charge in [0.05, 0.1) is 5.69 Å². The van der Waals surface area contributed by atoms with Gasteiger partial charge in [-0.05, 0) is 62.1 Å². The molecule has 1 N–H and O–H groups in total. The van der Waals surface area contributed by atoms with Gasteiger partial charge in [0.2, 0.25) is 5.82 Å². The first-order valence-corrected chi connectivity index (χ1v) is 13.2. The number of halogens is 1. The van der Waals surface area contributed by atoms with Gasteiger partial charge >= 0.3 is 0 Å². The van der Waals surface area contributed by atoms with Crippen LogP contribution in [0.4, 0.5) is 0 Å². The topological polar surface area (TPSA) is 98.1 Å². The summed E-state index contributed by atoms with van der Waals surface area (Å²) < 4.78 is 3.05. The van der Waals surface area contributed by atoms with Crippen molar-refractivity contribution in [3.05, 3.63) is 107 Å². The summed E-state index contributed by atoms with van der Waals surface area (Å²) in [5, 5.41) is 24.4. The first-order valence-electron chi connectivity index (χ1n) is 11.4. The van der Waals surface area contributed by atoms with Crippen molar-refractivity contribution in [3.63, 3.8) is 0 Å². The Bertz CT molecular complexity index is 1630. The second-order valence-electron chi connectivity index (χ2n) is 8.10. The summed E-state index contributed by atoms with van der Waals surface area (Å²) >= 11 is 5.33. The molecule has 0 saturated heterocycles. The molecule has 180 valence electrons. The number of rotatable bonds is 7. The quantitative estimate of drug-likeness (QED) is 0.228. The lowest BCUT2D eigenvalue weighted by atomic mass is 9.98. The number of nitrogens with one attached hydrogen (secondary N) is 1. The van der Waals surface area contributed by atoms with Crippen LogP contribution in [-0.2, 0) is 5.75 Å². The summed E-state index contributed by atoms with van der Waals surface area (Å²) in [5.41, 5.74) is 6.19. The molecule has 0 bridgehead atoms. The van der Waals surface area contributed by atoms with E-state index in [4.69, 9.17) is 0 Å².